The Bertz CT molecular complexity index is 463. The van der Waals surface area contributed by atoms with Crippen LogP contribution in [0, 0.1) is 19.8 Å². The van der Waals surface area contributed by atoms with Crippen molar-refractivity contribution in [1.29, 1.82) is 0 Å². The van der Waals surface area contributed by atoms with Crippen LogP contribution in [0.3, 0.4) is 0 Å². The molecule has 1 aliphatic carbocycles. The summed E-state index contributed by atoms with van der Waals surface area (Å²) in [6, 6.07) is 4.95. The van der Waals surface area contributed by atoms with E-state index in [9.17, 15) is 5.11 Å². The van der Waals surface area contributed by atoms with Crippen molar-refractivity contribution in [2.75, 3.05) is 26.2 Å². The van der Waals surface area contributed by atoms with E-state index in [0.717, 1.165) is 43.2 Å². The molecule has 126 valence electrons. The maximum Gasteiger partial charge on any atom is 0.121 e. The summed E-state index contributed by atoms with van der Waals surface area (Å²) in [6.07, 6.45) is 4.09. The molecule has 0 amide bonds. The van der Waals surface area contributed by atoms with Gasteiger partial charge in [-0.2, -0.15) is 0 Å². The van der Waals surface area contributed by atoms with E-state index < -0.39 is 0 Å². The number of rotatable bonds is 3. The largest absolute Gasteiger partial charge is 0.507 e. The summed E-state index contributed by atoms with van der Waals surface area (Å²) in [5, 5.41) is 13.5. The number of nitrogens with zero attached hydrogens (tertiary/aromatic N) is 1. The quantitative estimate of drug-likeness (QED) is 0.877. The predicted molar refractivity (Wildman–Crippen MR) is 96.6 cm³/mol. The number of nitrogens with one attached hydrogen (secondary N) is 1. The summed E-state index contributed by atoms with van der Waals surface area (Å²) in [7, 11) is 0. The molecule has 5 heteroatoms. The van der Waals surface area contributed by atoms with Gasteiger partial charge in [-0.25, -0.2) is 0 Å². The normalized spacial score (nSPS) is 20.5. The highest BCUT2D eigenvalue weighted by Gasteiger charge is 2.33. The van der Waals surface area contributed by atoms with Gasteiger partial charge in [-0.05, 0) is 49.3 Å². The molecule has 2 aliphatic rings. The van der Waals surface area contributed by atoms with Gasteiger partial charge in [0.15, 0.2) is 0 Å². The van der Waals surface area contributed by atoms with Crippen molar-refractivity contribution in [3.05, 3.63) is 28.8 Å². The van der Waals surface area contributed by atoms with Gasteiger partial charge in [-0.3, -0.25) is 4.90 Å². The molecule has 1 atom stereocenters. The lowest BCUT2D eigenvalue weighted by Crippen LogP contribution is -2.47. The number of benzene rings is 1. The van der Waals surface area contributed by atoms with Crippen LogP contribution in [0.5, 0.6) is 5.75 Å². The number of phenolic OH excluding ortho intramolecular Hbond substituents is 1. The zero-order valence-electron chi connectivity index (χ0n) is 13.5. The molecule has 0 radical (unpaired) electrons. The van der Waals surface area contributed by atoms with Crippen LogP contribution in [0.25, 0.3) is 0 Å². The monoisotopic (exact) mass is 346 g/mol. The van der Waals surface area contributed by atoms with E-state index in [0.29, 0.717) is 11.8 Å². The van der Waals surface area contributed by atoms with E-state index in [1.165, 1.54) is 24.8 Å². The molecule has 2 N–H and O–H groups in total. The minimum Gasteiger partial charge on any atom is -0.507 e. The lowest BCUT2D eigenvalue weighted by atomic mass is 9.76. The molecule has 1 saturated heterocycles. The molecule has 1 aromatic rings. The second-order valence-corrected chi connectivity index (χ2v) is 6.43. The first kappa shape index (κ1) is 19.6. The van der Waals surface area contributed by atoms with Crippen molar-refractivity contribution < 1.29 is 5.11 Å². The first-order valence-corrected chi connectivity index (χ1v) is 7.91. The molecular weight excluding hydrogens is 319 g/mol. The van der Waals surface area contributed by atoms with Crippen LogP contribution >= 0.6 is 24.8 Å². The molecule has 3 nitrogen and oxygen atoms in total. The van der Waals surface area contributed by atoms with Gasteiger partial charge in [-0.1, -0.05) is 18.6 Å². The second-order valence-electron chi connectivity index (χ2n) is 6.43. The van der Waals surface area contributed by atoms with E-state index in [4.69, 9.17) is 0 Å². The van der Waals surface area contributed by atoms with E-state index in [-0.39, 0.29) is 24.8 Å². The van der Waals surface area contributed by atoms with Gasteiger partial charge in [0.05, 0.1) is 0 Å². The van der Waals surface area contributed by atoms with Gasteiger partial charge in [0, 0.05) is 32.2 Å². The third-order valence-electron chi connectivity index (χ3n) is 5.00. The lowest BCUT2D eigenvalue weighted by Gasteiger charge is -2.43. The first-order chi connectivity index (χ1) is 9.66. The molecule has 1 aliphatic heterocycles. The number of piperazine rings is 1. The Hall–Kier alpha value is -0.480. The SMILES string of the molecule is Cc1cc([C@@H](C2CCC2)N2CCNCC2)cc(C)c1O.Cl.Cl. The smallest absolute Gasteiger partial charge is 0.121 e. The van der Waals surface area contributed by atoms with Crippen molar-refractivity contribution in [3.8, 4) is 5.75 Å². The fourth-order valence-corrected chi connectivity index (χ4v) is 3.66. The van der Waals surface area contributed by atoms with Crippen LogP contribution in [-0.4, -0.2) is 36.2 Å². The minimum absolute atomic E-state index is 0. The molecule has 0 spiro atoms. The van der Waals surface area contributed by atoms with Crippen molar-refractivity contribution >= 4 is 24.8 Å². The van der Waals surface area contributed by atoms with Gasteiger partial charge in [0.2, 0.25) is 0 Å². The fraction of sp³-hybridized carbons (Fsp3) is 0.647. The Balaban J connectivity index is 0.00000121. The Morgan fingerprint density at radius 3 is 2.09 bits per heavy atom. The highest BCUT2D eigenvalue weighted by Crippen LogP contribution is 2.42. The van der Waals surface area contributed by atoms with E-state index >= 15 is 0 Å². The number of hydrogen-bond donors (Lipinski definition) is 2. The predicted octanol–water partition coefficient (Wildman–Crippen LogP) is 3.60. The molecule has 0 aromatic heterocycles. The Morgan fingerprint density at radius 2 is 1.64 bits per heavy atom. The molecule has 1 heterocycles. The van der Waals surface area contributed by atoms with Gasteiger partial charge < -0.3 is 10.4 Å². The summed E-state index contributed by atoms with van der Waals surface area (Å²) >= 11 is 0. The third-order valence-corrected chi connectivity index (χ3v) is 5.00. The Labute approximate surface area is 146 Å². The zero-order chi connectivity index (χ0) is 14.1. The van der Waals surface area contributed by atoms with Crippen LogP contribution in [0.15, 0.2) is 12.1 Å². The molecular formula is C17H28Cl2N2O. The summed E-state index contributed by atoms with van der Waals surface area (Å²) in [5.74, 6) is 1.26. The van der Waals surface area contributed by atoms with Crippen molar-refractivity contribution in [2.24, 2.45) is 5.92 Å². The fourth-order valence-electron chi connectivity index (χ4n) is 3.66. The number of aromatic hydroxyl groups is 1. The van der Waals surface area contributed by atoms with Crippen LogP contribution in [0.2, 0.25) is 0 Å². The first-order valence-electron chi connectivity index (χ1n) is 7.91. The van der Waals surface area contributed by atoms with Gasteiger partial charge in [0.25, 0.3) is 0 Å². The number of halogens is 2. The standard InChI is InChI=1S/C17H26N2O.2ClH/c1-12-10-15(11-13(2)17(12)20)16(14-4-3-5-14)19-8-6-18-7-9-19;;/h10-11,14,16,18,20H,3-9H2,1-2H3;2*1H/t16-;;/m1../s1. The van der Waals surface area contributed by atoms with Gasteiger partial charge in [0.1, 0.15) is 5.75 Å². The molecule has 22 heavy (non-hydrogen) atoms. The third kappa shape index (κ3) is 3.88. The molecule has 2 fully saturated rings. The van der Waals surface area contributed by atoms with Crippen molar-refractivity contribution in [3.63, 3.8) is 0 Å². The van der Waals surface area contributed by atoms with E-state index in [1.54, 1.807) is 0 Å². The average molecular weight is 347 g/mol. The highest BCUT2D eigenvalue weighted by molar-refractivity contribution is 5.85. The van der Waals surface area contributed by atoms with E-state index in [2.05, 4.69) is 22.3 Å². The van der Waals surface area contributed by atoms with Crippen molar-refractivity contribution in [2.45, 2.75) is 39.2 Å². The van der Waals surface area contributed by atoms with Crippen molar-refractivity contribution in [1.82, 2.24) is 10.2 Å². The van der Waals surface area contributed by atoms with Gasteiger partial charge >= 0.3 is 0 Å². The minimum atomic E-state index is 0. The van der Waals surface area contributed by atoms with Crippen LogP contribution in [-0.2, 0) is 0 Å². The lowest BCUT2D eigenvalue weighted by molar-refractivity contribution is 0.0836. The maximum atomic E-state index is 10.0. The number of aryl methyl sites for hydroxylation is 2. The molecule has 1 aromatic carbocycles. The van der Waals surface area contributed by atoms with Crippen LogP contribution in [0.1, 0.15) is 42.0 Å². The summed E-state index contributed by atoms with van der Waals surface area (Å²) in [4.78, 5) is 2.64. The van der Waals surface area contributed by atoms with Crippen LogP contribution < -0.4 is 5.32 Å². The summed E-state index contributed by atoms with van der Waals surface area (Å²) in [5.41, 5.74) is 3.43. The van der Waals surface area contributed by atoms with E-state index in [1.807, 2.05) is 13.8 Å². The maximum absolute atomic E-state index is 10.0. The highest BCUT2D eigenvalue weighted by atomic mass is 35.5. The second kappa shape index (κ2) is 8.39. The topological polar surface area (TPSA) is 35.5 Å². The number of hydrogen-bond acceptors (Lipinski definition) is 3. The molecule has 0 unspecified atom stereocenters. The zero-order valence-corrected chi connectivity index (χ0v) is 15.1. The van der Waals surface area contributed by atoms with Gasteiger partial charge in [-0.15, -0.1) is 24.8 Å². The Kier molecular flexibility index (Phi) is 7.47. The summed E-state index contributed by atoms with van der Waals surface area (Å²) in [6.45, 7) is 8.50. The summed E-state index contributed by atoms with van der Waals surface area (Å²) < 4.78 is 0. The molecule has 0 bridgehead atoms. The molecule has 1 saturated carbocycles. The average Bonchev–Trinajstić information content (AvgIpc) is 2.40. The molecule has 3 rings (SSSR count). The Morgan fingerprint density at radius 1 is 1.09 bits per heavy atom. The number of phenols is 1. The van der Waals surface area contributed by atoms with Crippen LogP contribution in [0.4, 0.5) is 0 Å².